The van der Waals surface area contributed by atoms with Crippen LogP contribution >= 0.6 is 0 Å². The Labute approximate surface area is 473 Å². The summed E-state index contributed by atoms with van der Waals surface area (Å²) in [5.74, 6) is 7.62. The van der Waals surface area contributed by atoms with E-state index >= 15 is 0 Å². The van der Waals surface area contributed by atoms with Crippen LogP contribution in [-0.4, -0.2) is 111 Å². The minimum Gasteiger partial charge on any atom is -0.492 e. The van der Waals surface area contributed by atoms with Crippen LogP contribution < -0.4 is 24.4 Å². The van der Waals surface area contributed by atoms with E-state index in [0.29, 0.717) is 59.0 Å². The second kappa shape index (κ2) is 24.4. The van der Waals surface area contributed by atoms with Gasteiger partial charge in [-0.2, -0.15) is 0 Å². The summed E-state index contributed by atoms with van der Waals surface area (Å²) in [6.07, 6.45) is 4.12. The topological polar surface area (TPSA) is 175 Å². The van der Waals surface area contributed by atoms with E-state index in [1.807, 2.05) is 134 Å². The summed E-state index contributed by atoms with van der Waals surface area (Å²) in [4.78, 5) is 72.4. The minimum atomic E-state index is -2.10. The third kappa shape index (κ3) is 12.3. The summed E-state index contributed by atoms with van der Waals surface area (Å²) < 4.78 is 40.3. The van der Waals surface area contributed by atoms with Gasteiger partial charge >= 0.3 is 0 Å². The third-order valence-electron chi connectivity index (χ3n) is 15.8. The van der Waals surface area contributed by atoms with Crippen molar-refractivity contribution >= 4 is 57.1 Å². The Morgan fingerprint density at radius 2 is 1.42 bits per heavy atom. The second-order valence-electron chi connectivity index (χ2n) is 20.7. The first-order chi connectivity index (χ1) is 39.5. The predicted molar refractivity (Wildman–Crippen MR) is 309 cm³/mol. The smallest absolute Gasteiger partial charge is 0.262 e. The van der Waals surface area contributed by atoms with E-state index in [0.717, 1.165) is 101 Å². The molecule has 11 rings (SSSR count). The number of likely N-dealkylation sites (tertiary alicyclic amines) is 1. The lowest BCUT2D eigenvalue weighted by Crippen LogP contribution is -2.54. The van der Waals surface area contributed by atoms with E-state index in [9.17, 15) is 32.7 Å². The molecule has 7 aromatic carbocycles. The van der Waals surface area contributed by atoms with Crippen LogP contribution in [0.25, 0.3) is 21.9 Å². The molecule has 2 atom stereocenters. The molecule has 5 amide bonds. The van der Waals surface area contributed by atoms with Crippen LogP contribution in [-0.2, 0) is 27.3 Å². The van der Waals surface area contributed by atoms with Gasteiger partial charge in [-0.15, -0.1) is 0 Å². The second-order valence-corrected chi connectivity index (χ2v) is 21.7. The molecule has 2 unspecified atom stereocenters. The fourth-order valence-corrected chi connectivity index (χ4v) is 11.6. The number of amides is 5. The number of likely N-dealkylation sites (N-methyl/N-ethyl adjacent to an activating group) is 1. The highest BCUT2D eigenvalue weighted by Crippen LogP contribution is 2.42. The molecule has 0 aromatic heterocycles. The van der Waals surface area contributed by atoms with Crippen molar-refractivity contribution in [2.45, 2.75) is 69.0 Å². The first-order valence-electron chi connectivity index (χ1n) is 27.6. The Hall–Kier alpha value is -8.62. The van der Waals surface area contributed by atoms with Crippen LogP contribution in [0, 0.1) is 17.8 Å². The standard InChI is InChI=1S/C65H61N5O10S/c1-2-67(38-39-78-51-18-20-52(21-19-51)80-61-55(46-14-23-54(24-15-46)81(76)77)25-16-48-40-53(22-27-56(48)61)79-42-45-6-4-3-5-7-45)63(73)47-12-10-43(11-13-47)8-9-44-30-34-68(35-31-44)49-32-36-69(37-33-49)50-17-26-57-58(41-50)65(75)70(64(57)74)59-28-29-60(71)66-62(59)72/h3-7,10-27,40-41,44,49,59H,2,28-39,42H2,1H3,(H,76,77)(H,66,71,72). The molecule has 81 heavy (non-hydrogen) atoms. The van der Waals surface area contributed by atoms with E-state index in [-0.39, 0.29) is 36.8 Å². The molecule has 16 heteroatoms. The molecule has 7 aromatic rings. The Morgan fingerprint density at radius 3 is 2.14 bits per heavy atom. The van der Waals surface area contributed by atoms with Crippen molar-refractivity contribution < 1.29 is 46.9 Å². The summed E-state index contributed by atoms with van der Waals surface area (Å²) in [5.41, 5.74) is 5.62. The average molecular weight is 1100 g/mol. The number of nitrogens with one attached hydrogen (secondary N) is 1. The maximum absolute atomic E-state index is 13.7. The molecule has 0 spiro atoms. The van der Waals surface area contributed by atoms with Gasteiger partial charge in [-0.25, -0.2) is 4.21 Å². The van der Waals surface area contributed by atoms with Crippen LogP contribution in [0.4, 0.5) is 5.69 Å². The predicted octanol–water partition coefficient (Wildman–Crippen LogP) is 10.1. The van der Waals surface area contributed by atoms with E-state index in [2.05, 4.69) is 27.0 Å². The molecule has 4 aliphatic rings. The molecule has 4 aliphatic heterocycles. The Balaban J connectivity index is 0.641. The van der Waals surface area contributed by atoms with E-state index in [4.69, 9.17) is 14.2 Å². The summed E-state index contributed by atoms with van der Waals surface area (Å²) in [5, 5.41) is 4.04. The first-order valence-corrected chi connectivity index (χ1v) is 28.7. The van der Waals surface area contributed by atoms with Crippen LogP contribution in [0.5, 0.6) is 23.0 Å². The molecule has 3 saturated heterocycles. The SMILES string of the molecule is CCN(CCOc1ccc(Oc2c(-c3ccc(S(=O)O)cc3)ccc3cc(OCc4ccccc4)ccc23)cc1)C(=O)c1ccc(C#CC2CCN(C3CCN(c4ccc5c(c4)C(=O)N(C4CCC(=O)NC4=O)C5=O)CC3)CC2)cc1. The lowest BCUT2D eigenvalue weighted by Gasteiger charge is -2.42. The van der Waals surface area contributed by atoms with Gasteiger partial charge in [0.1, 0.15) is 42.3 Å². The van der Waals surface area contributed by atoms with E-state index in [1.165, 1.54) is 0 Å². The van der Waals surface area contributed by atoms with E-state index in [1.54, 1.807) is 29.2 Å². The number of hydrogen-bond acceptors (Lipinski definition) is 11. The van der Waals surface area contributed by atoms with Gasteiger partial charge < -0.3 is 33.5 Å². The van der Waals surface area contributed by atoms with Gasteiger partial charge in [0.15, 0.2) is 11.1 Å². The van der Waals surface area contributed by atoms with Crippen LogP contribution in [0.15, 0.2) is 157 Å². The van der Waals surface area contributed by atoms with Crippen LogP contribution in [0.1, 0.15) is 87.6 Å². The van der Waals surface area contributed by atoms with Gasteiger partial charge in [0.05, 0.1) is 22.6 Å². The number of imide groups is 2. The molecule has 0 saturated carbocycles. The number of nitrogens with zero attached hydrogens (tertiary/aromatic N) is 4. The van der Waals surface area contributed by atoms with Crippen LogP contribution in [0.3, 0.4) is 0 Å². The third-order valence-corrected chi connectivity index (χ3v) is 16.4. The van der Waals surface area contributed by atoms with Gasteiger partial charge in [-0.3, -0.25) is 34.2 Å². The zero-order valence-electron chi connectivity index (χ0n) is 44.9. The highest BCUT2D eigenvalue weighted by molar-refractivity contribution is 7.79. The monoisotopic (exact) mass is 1100 g/mol. The molecule has 4 heterocycles. The molecule has 3 fully saturated rings. The number of rotatable bonds is 16. The van der Waals surface area contributed by atoms with Gasteiger partial charge in [0, 0.05) is 65.8 Å². The quantitative estimate of drug-likeness (QED) is 0.0533. The van der Waals surface area contributed by atoms with Gasteiger partial charge in [-0.05, 0) is 172 Å². The molecule has 0 aliphatic carbocycles. The normalized spacial score (nSPS) is 17.3. The number of carbonyl (C=O) groups is 5. The fourth-order valence-electron chi connectivity index (χ4n) is 11.2. The molecule has 2 N–H and O–H groups in total. The Kier molecular flexibility index (Phi) is 16.4. The molecule has 15 nitrogen and oxygen atoms in total. The Bertz CT molecular complexity index is 3590. The number of ether oxygens (including phenoxy) is 3. The first kappa shape index (κ1) is 54.3. The van der Waals surface area contributed by atoms with Gasteiger partial charge in [-0.1, -0.05) is 60.4 Å². The Morgan fingerprint density at radius 1 is 0.716 bits per heavy atom. The highest BCUT2D eigenvalue weighted by atomic mass is 32.2. The van der Waals surface area contributed by atoms with Crippen molar-refractivity contribution in [3.8, 4) is 46.0 Å². The number of benzene rings is 7. The number of piperidine rings is 3. The molecular weight excluding hydrogens is 1040 g/mol. The number of hydrogen-bond donors (Lipinski definition) is 2. The summed E-state index contributed by atoms with van der Waals surface area (Å²) in [6.45, 7) is 7.15. The van der Waals surface area contributed by atoms with Crippen molar-refractivity contribution in [1.82, 2.24) is 20.0 Å². The lowest BCUT2D eigenvalue weighted by molar-refractivity contribution is -0.136. The van der Waals surface area contributed by atoms with Crippen molar-refractivity contribution in [3.05, 3.63) is 179 Å². The highest BCUT2D eigenvalue weighted by Gasteiger charge is 2.45. The largest absolute Gasteiger partial charge is 0.492 e. The number of fused-ring (bicyclic) bond motifs is 2. The maximum Gasteiger partial charge on any atom is 0.262 e. The summed E-state index contributed by atoms with van der Waals surface area (Å²) in [7, 11) is 0. The molecular formula is C65H61N5O10S. The van der Waals surface area contributed by atoms with E-state index < -0.39 is 40.8 Å². The summed E-state index contributed by atoms with van der Waals surface area (Å²) in [6, 6.07) is 46.4. The van der Waals surface area contributed by atoms with Crippen molar-refractivity contribution in [2.24, 2.45) is 5.92 Å². The number of anilines is 1. The van der Waals surface area contributed by atoms with Gasteiger partial charge in [0.2, 0.25) is 11.8 Å². The summed E-state index contributed by atoms with van der Waals surface area (Å²) >= 11 is -2.10. The minimum absolute atomic E-state index is 0.0823. The molecule has 0 radical (unpaired) electrons. The fraction of sp³-hybridized carbons (Fsp3) is 0.277. The average Bonchev–Trinajstić information content (AvgIpc) is 4.02. The number of carbonyl (C=O) groups excluding carboxylic acids is 5. The lowest BCUT2D eigenvalue weighted by atomic mass is 9.93. The zero-order chi connectivity index (χ0) is 56.0. The molecule has 412 valence electrons. The van der Waals surface area contributed by atoms with Crippen molar-refractivity contribution in [2.75, 3.05) is 50.8 Å². The van der Waals surface area contributed by atoms with Crippen LogP contribution in [0.2, 0.25) is 0 Å². The van der Waals surface area contributed by atoms with Crippen molar-refractivity contribution in [3.63, 3.8) is 0 Å². The maximum atomic E-state index is 13.7. The zero-order valence-corrected chi connectivity index (χ0v) is 45.7. The molecule has 0 bridgehead atoms. The van der Waals surface area contributed by atoms with Crippen molar-refractivity contribution in [1.29, 1.82) is 0 Å². The van der Waals surface area contributed by atoms with Gasteiger partial charge in [0.25, 0.3) is 17.7 Å².